The van der Waals surface area contributed by atoms with Crippen LogP contribution in [0.4, 0.5) is 4.39 Å². The van der Waals surface area contributed by atoms with Crippen LogP contribution in [0, 0.1) is 12.7 Å². The highest BCUT2D eigenvalue weighted by Crippen LogP contribution is 2.31. The van der Waals surface area contributed by atoms with E-state index in [4.69, 9.17) is 5.10 Å². The van der Waals surface area contributed by atoms with Crippen molar-refractivity contribution in [3.63, 3.8) is 0 Å². The maximum Gasteiger partial charge on any atom is 0.250 e. The molecule has 1 atom stereocenters. The summed E-state index contributed by atoms with van der Waals surface area (Å²) in [6.07, 6.45) is 4.75. The van der Waals surface area contributed by atoms with Crippen molar-refractivity contribution < 1.29 is 17.6 Å². The summed E-state index contributed by atoms with van der Waals surface area (Å²) in [6, 6.07) is 16.2. The fourth-order valence-corrected chi connectivity index (χ4v) is 5.76. The Morgan fingerprint density at radius 1 is 1.05 bits per heavy atom. The van der Waals surface area contributed by atoms with E-state index >= 15 is 0 Å². The molecule has 2 aromatic heterocycles. The second-order valence-corrected chi connectivity index (χ2v) is 11.2. The van der Waals surface area contributed by atoms with Crippen LogP contribution in [0.5, 0.6) is 0 Å². The average molecular weight is 520 g/mol. The largest absolute Gasteiger partial charge is 0.341 e. The van der Waals surface area contributed by atoms with Crippen molar-refractivity contribution >= 4 is 15.7 Å². The zero-order valence-corrected chi connectivity index (χ0v) is 21.1. The van der Waals surface area contributed by atoms with Gasteiger partial charge in [-0.05, 0) is 68.3 Å². The van der Waals surface area contributed by atoms with E-state index in [1.165, 1.54) is 24.3 Å². The fourth-order valence-electron chi connectivity index (χ4n) is 4.54. The molecule has 0 saturated carbocycles. The van der Waals surface area contributed by atoms with Crippen LogP contribution in [0.3, 0.4) is 0 Å². The zero-order valence-electron chi connectivity index (χ0n) is 20.3. The third kappa shape index (κ3) is 5.43. The van der Waals surface area contributed by atoms with Gasteiger partial charge in [-0.25, -0.2) is 27.5 Å². The van der Waals surface area contributed by atoms with Gasteiger partial charge in [0.1, 0.15) is 11.6 Å². The predicted octanol–water partition coefficient (Wildman–Crippen LogP) is 3.96. The number of halogens is 1. The Kier molecular flexibility index (Phi) is 6.84. The Labute approximate surface area is 214 Å². The summed E-state index contributed by atoms with van der Waals surface area (Å²) in [4.78, 5) is 23.5. The SMILES string of the molecule is Cc1ccc(S(=O)(=O)CC(=O)N2CCCC(c3cc(-c4ccc(F)cc4)nn3-c3ncccn3)C2)cc1. The smallest absolute Gasteiger partial charge is 0.250 e. The number of amides is 1. The molecular formula is C27H26FN5O3S. The molecule has 0 spiro atoms. The number of nitrogens with zero attached hydrogens (tertiary/aromatic N) is 5. The third-order valence-corrected chi connectivity index (χ3v) is 8.12. The second kappa shape index (κ2) is 10.2. The first kappa shape index (κ1) is 24.8. The van der Waals surface area contributed by atoms with Gasteiger partial charge in [0.25, 0.3) is 5.95 Å². The summed E-state index contributed by atoms with van der Waals surface area (Å²) in [6.45, 7) is 2.71. The number of benzene rings is 2. The van der Waals surface area contributed by atoms with Crippen molar-refractivity contribution in [2.75, 3.05) is 18.8 Å². The van der Waals surface area contributed by atoms with E-state index in [0.29, 0.717) is 31.2 Å². The van der Waals surface area contributed by atoms with Crippen molar-refractivity contribution in [3.8, 4) is 17.2 Å². The Bertz CT molecular complexity index is 1500. The molecule has 3 heterocycles. The molecule has 0 bridgehead atoms. The van der Waals surface area contributed by atoms with E-state index in [-0.39, 0.29) is 16.6 Å². The maximum atomic E-state index is 13.5. The molecule has 8 nitrogen and oxygen atoms in total. The molecule has 1 aliphatic rings. The molecule has 10 heteroatoms. The minimum absolute atomic E-state index is 0.106. The third-order valence-electron chi connectivity index (χ3n) is 6.50. The molecule has 2 aromatic carbocycles. The Morgan fingerprint density at radius 2 is 1.76 bits per heavy atom. The van der Waals surface area contributed by atoms with Crippen LogP contribution in [0.15, 0.2) is 78.0 Å². The lowest BCUT2D eigenvalue weighted by Gasteiger charge is -2.32. The van der Waals surface area contributed by atoms with Crippen LogP contribution in [0.2, 0.25) is 0 Å². The van der Waals surface area contributed by atoms with Crippen molar-refractivity contribution in [1.82, 2.24) is 24.6 Å². The highest BCUT2D eigenvalue weighted by molar-refractivity contribution is 7.92. The van der Waals surface area contributed by atoms with Crippen molar-refractivity contribution in [2.24, 2.45) is 0 Å². The molecule has 1 saturated heterocycles. The van der Waals surface area contributed by atoms with E-state index < -0.39 is 21.5 Å². The lowest BCUT2D eigenvalue weighted by molar-refractivity contribution is -0.129. The summed E-state index contributed by atoms with van der Waals surface area (Å²) in [5, 5.41) is 4.70. The molecule has 0 radical (unpaired) electrons. The molecule has 1 unspecified atom stereocenters. The Morgan fingerprint density at radius 3 is 2.46 bits per heavy atom. The maximum absolute atomic E-state index is 13.5. The number of hydrogen-bond acceptors (Lipinski definition) is 6. The number of hydrogen-bond donors (Lipinski definition) is 0. The minimum atomic E-state index is -3.75. The number of piperidine rings is 1. The molecule has 0 N–H and O–H groups in total. The summed E-state index contributed by atoms with van der Waals surface area (Å²) in [5.41, 5.74) is 3.13. The Hall–Kier alpha value is -3.92. The van der Waals surface area contributed by atoms with Gasteiger partial charge in [-0.3, -0.25) is 4.79 Å². The molecule has 37 heavy (non-hydrogen) atoms. The van der Waals surface area contributed by atoms with Crippen molar-refractivity contribution in [3.05, 3.63) is 90.1 Å². The first-order chi connectivity index (χ1) is 17.8. The number of aromatic nitrogens is 4. The molecule has 1 amide bonds. The van der Waals surface area contributed by atoms with Crippen LogP contribution in [0.25, 0.3) is 17.2 Å². The van der Waals surface area contributed by atoms with Crippen molar-refractivity contribution in [1.29, 1.82) is 0 Å². The Balaban J connectivity index is 1.41. The lowest BCUT2D eigenvalue weighted by atomic mass is 9.94. The normalized spacial score (nSPS) is 16.1. The highest BCUT2D eigenvalue weighted by Gasteiger charge is 2.31. The van der Waals surface area contributed by atoms with Gasteiger partial charge in [-0.2, -0.15) is 5.10 Å². The second-order valence-electron chi connectivity index (χ2n) is 9.17. The summed E-state index contributed by atoms with van der Waals surface area (Å²) in [7, 11) is -3.75. The number of carbonyl (C=O) groups is 1. The van der Waals surface area contributed by atoms with Crippen LogP contribution < -0.4 is 0 Å². The lowest BCUT2D eigenvalue weighted by Crippen LogP contribution is -2.42. The van der Waals surface area contributed by atoms with Gasteiger partial charge >= 0.3 is 0 Å². The summed E-state index contributed by atoms with van der Waals surface area (Å²) < 4.78 is 40.9. The molecule has 5 rings (SSSR count). The average Bonchev–Trinajstić information content (AvgIpc) is 3.35. The zero-order chi connectivity index (χ0) is 26.0. The number of rotatable bonds is 6. The van der Waals surface area contributed by atoms with Gasteiger partial charge in [-0.15, -0.1) is 0 Å². The molecule has 1 fully saturated rings. The summed E-state index contributed by atoms with van der Waals surface area (Å²) >= 11 is 0. The molecule has 190 valence electrons. The number of carbonyl (C=O) groups excluding carboxylic acids is 1. The van der Waals surface area contributed by atoms with E-state index in [2.05, 4.69) is 9.97 Å². The number of sulfone groups is 1. The molecule has 4 aromatic rings. The predicted molar refractivity (Wildman–Crippen MR) is 136 cm³/mol. The number of likely N-dealkylation sites (tertiary alicyclic amines) is 1. The van der Waals surface area contributed by atoms with Crippen molar-refractivity contribution in [2.45, 2.75) is 30.6 Å². The standard InChI is InChI=1S/C27H26FN5O3S/c1-19-5-11-23(12-6-19)37(35,36)18-26(34)32-15-2-4-21(17-32)25-16-24(20-7-9-22(28)10-8-20)31-33(25)27-29-13-3-14-30-27/h3,5-14,16,21H,2,4,15,17-18H2,1H3. The van der Waals surface area contributed by atoms with Crippen LogP contribution in [-0.2, 0) is 14.6 Å². The topological polar surface area (TPSA) is 98.1 Å². The first-order valence-electron chi connectivity index (χ1n) is 12.0. The van der Waals surface area contributed by atoms with E-state index in [1.807, 2.05) is 13.0 Å². The van der Waals surface area contributed by atoms with E-state index in [9.17, 15) is 17.6 Å². The fraction of sp³-hybridized carbons (Fsp3) is 0.259. The van der Waals surface area contributed by atoms with E-state index in [1.54, 1.807) is 52.3 Å². The van der Waals surface area contributed by atoms with E-state index in [0.717, 1.165) is 23.2 Å². The monoisotopic (exact) mass is 519 g/mol. The molecule has 0 aliphatic carbocycles. The van der Waals surface area contributed by atoms with Gasteiger partial charge < -0.3 is 4.90 Å². The van der Waals surface area contributed by atoms with Gasteiger partial charge in [0, 0.05) is 37.0 Å². The molecular weight excluding hydrogens is 493 g/mol. The van der Waals surface area contributed by atoms with Crippen LogP contribution >= 0.6 is 0 Å². The molecule has 1 aliphatic heterocycles. The van der Waals surface area contributed by atoms with Gasteiger partial charge in [0.15, 0.2) is 9.84 Å². The minimum Gasteiger partial charge on any atom is -0.341 e. The van der Waals surface area contributed by atoms with Crippen LogP contribution in [-0.4, -0.2) is 57.8 Å². The van der Waals surface area contributed by atoms with Gasteiger partial charge in [0.05, 0.1) is 16.3 Å². The quantitative estimate of drug-likeness (QED) is 0.383. The van der Waals surface area contributed by atoms with Gasteiger partial charge in [0.2, 0.25) is 5.91 Å². The summed E-state index contributed by atoms with van der Waals surface area (Å²) in [5.74, 6) is -1.06. The number of aryl methyl sites for hydroxylation is 1. The first-order valence-corrected chi connectivity index (χ1v) is 13.7. The van der Waals surface area contributed by atoms with Gasteiger partial charge in [-0.1, -0.05) is 17.7 Å². The van der Waals surface area contributed by atoms with Crippen LogP contribution in [0.1, 0.15) is 30.0 Å². The highest BCUT2D eigenvalue weighted by atomic mass is 32.2.